The number of hydrogen-bond donors (Lipinski definition) is 6. The van der Waals surface area contributed by atoms with E-state index in [4.69, 9.17) is 41.8 Å². The van der Waals surface area contributed by atoms with Gasteiger partial charge in [0.2, 0.25) is 37.8 Å². The number of aromatic amines is 1. The van der Waals surface area contributed by atoms with Crippen molar-refractivity contribution in [1.82, 2.24) is 54.6 Å². The number of nitrogens with two attached hydrogens (primary N) is 2. The number of sulfonamides is 2. The molecule has 5 fully saturated rings. The van der Waals surface area contributed by atoms with Crippen LogP contribution < -0.4 is 20.9 Å². The lowest BCUT2D eigenvalue weighted by Crippen LogP contribution is -2.44. The zero-order valence-corrected chi connectivity index (χ0v) is 89.1. The fraction of sp³-hybridized carbons (Fsp3) is 0.794. The number of aromatic nitrogens is 4. The van der Waals surface area contributed by atoms with Crippen molar-refractivity contribution in [2.24, 2.45) is 114 Å². The molecule has 0 radical (unpaired) electrons. The summed E-state index contributed by atoms with van der Waals surface area (Å²) >= 11 is 0. The molecule has 0 saturated carbocycles. The van der Waals surface area contributed by atoms with Crippen LogP contribution >= 0.6 is 0 Å². The van der Waals surface area contributed by atoms with Crippen molar-refractivity contribution in [3.05, 3.63) is 62.2 Å². The molecule has 1 aromatic heterocycles. The van der Waals surface area contributed by atoms with E-state index in [9.17, 15) is 31.2 Å². The van der Waals surface area contributed by atoms with Gasteiger partial charge in [-0.05, 0) is 102 Å². The number of nitrogens with zero attached hydrogens (tertiary/aromatic N) is 13. The first-order chi connectivity index (χ1) is 56.7. The minimum atomic E-state index is -3.55. The second-order valence-electron chi connectivity index (χ2n) is 44.1. The van der Waals surface area contributed by atoms with Crippen LogP contribution in [0.1, 0.15) is 355 Å². The van der Waals surface area contributed by atoms with Crippen LogP contribution in [-0.4, -0.2) is 190 Å². The lowest BCUT2D eigenvalue weighted by atomic mass is 9.79. The lowest BCUT2D eigenvalue weighted by Gasteiger charge is -2.41. The van der Waals surface area contributed by atoms with Crippen molar-refractivity contribution < 1.29 is 31.2 Å². The first-order valence-electron chi connectivity index (χ1n) is 46.5. The van der Waals surface area contributed by atoms with Gasteiger partial charge in [-0.25, -0.2) is 16.8 Å². The van der Waals surface area contributed by atoms with E-state index in [1.54, 1.807) is 0 Å². The van der Waals surface area contributed by atoms with E-state index in [-0.39, 0.29) is 120 Å². The number of H-pyrrole nitrogens is 1. The fourth-order valence-corrected chi connectivity index (χ4v) is 20.0. The molecule has 0 bridgehead atoms. The average Bonchev–Trinajstić information content (AvgIpc) is 1.67. The number of carbonyl (C=O) groups is 3. The van der Waals surface area contributed by atoms with E-state index < -0.39 is 31.9 Å². The highest BCUT2D eigenvalue weighted by Gasteiger charge is 2.51. The Bertz CT molecular complexity index is 4240. The minimum Gasteiger partial charge on any atom is -0.387 e. The highest BCUT2D eigenvalue weighted by atomic mass is 32.2. The second-order valence-corrected chi connectivity index (χ2v) is 47.6. The molecule has 1 unspecified atom stereocenters. The van der Waals surface area contributed by atoms with Gasteiger partial charge in [0, 0.05) is 119 Å². The molecular weight excluding hydrogens is 1610 g/mol. The molecule has 10 aliphatic heterocycles. The Morgan fingerprint density at radius 3 is 0.752 bits per heavy atom. The molecule has 28 heteroatoms. The Labute approximate surface area is 761 Å². The molecule has 8 N–H and O–H groups in total. The van der Waals surface area contributed by atoms with E-state index in [0.29, 0.717) is 38.3 Å². The van der Waals surface area contributed by atoms with Gasteiger partial charge in [-0.15, -0.1) is 10.2 Å². The van der Waals surface area contributed by atoms with E-state index in [2.05, 4.69) is 297 Å². The van der Waals surface area contributed by atoms with Gasteiger partial charge in [0.25, 0.3) is 0 Å². The first kappa shape index (κ1) is 114. The van der Waals surface area contributed by atoms with Crippen LogP contribution in [0.4, 0.5) is 0 Å². The minimum absolute atomic E-state index is 0.00854. The zero-order valence-electron chi connectivity index (χ0n) is 87.5. The molecule has 716 valence electrons. The second kappa shape index (κ2) is 43.1. The molecule has 11 heterocycles. The zero-order chi connectivity index (χ0) is 98.1. The summed E-state index contributed by atoms with van der Waals surface area (Å²) in [5.74, 6) is 4.90. The first-order valence-corrected chi connectivity index (χ1v) is 50.3. The van der Waals surface area contributed by atoms with Crippen molar-refractivity contribution in [2.75, 3.05) is 45.2 Å². The Morgan fingerprint density at radius 2 is 0.552 bits per heavy atom. The summed E-state index contributed by atoms with van der Waals surface area (Å²) in [4.78, 5) is 72.8. The number of allylic oxidation sites excluding steroid dienone is 5. The van der Waals surface area contributed by atoms with Crippen molar-refractivity contribution >= 4 is 72.8 Å². The Balaban J connectivity index is 0.000000516. The van der Waals surface area contributed by atoms with Gasteiger partial charge in [-0.2, -0.15) is 5.21 Å². The number of fused-ring (bicyclic) bond motifs is 5. The number of hydrogen-bond acceptors (Lipinski definition) is 21. The van der Waals surface area contributed by atoms with Crippen LogP contribution in [0.2, 0.25) is 0 Å². The molecular formula is C97H179N19O7S2. The van der Waals surface area contributed by atoms with Crippen LogP contribution in [0.15, 0.2) is 81.3 Å². The molecule has 26 nitrogen and oxygen atoms in total. The van der Waals surface area contributed by atoms with Crippen molar-refractivity contribution in [2.45, 2.75) is 380 Å². The monoisotopic (exact) mass is 1790 g/mol. The fourth-order valence-electron chi connectivity index (χ4n) is 18.9. The average molecular weight is 1790 g/mol. The van der Waals surface area contributed by atoms with Gasteiger partial charge in [-0.1, -0.05) is 282 Å². The van der Waals surface area contributed by atoms with E-state index in [1.165, 1.54) is 50.8 Å². The normalized spacial score (nSPS) is 24.0. The summed E-state index contributed by atoms with van der Waals surface area (Å²) in [5, 5.41) is 22.6. The summed E-state index contributed by atoms with van der Waals surface area (Å²) in [5.41, 5.74) is 24.1. The van der Waals surface area contributed by atoms with Gasteiger partial charge in [0.05, 0.1) is 66.3 Å². The number of tetrazole rings is 1. The van der Waals surface area contributed by atoms with Crippen molar-refractivity contribution in [1.29, 1.82) is 5.41 Å². The molecule has 0 spiro atoms. The Kier molecular flexibility index (Phi) is 39.3. The van der Waals surface area contributed by atoms with E-state index in [1.807, 2.05) is 69.2 Å². The van der Waals surface area contributed by atoms with E-state index >= 15 is 0 Å². The lowest BCUT2D eigenvalue weighted by molar-refractivity contribution is -0.123. The standard InChI is InChI=1S/2C18H31N3O3S.C17H28N6.C17H30N4.C17H29N3O.5C2H6/c2*1-11-14(17(2,3)4)13-9-12(15(22)20-25(8,23)24)10-21(13)16(19-11)18(5,6)7;1-10-13(16(2,3)4)12-8-11(14-19-21-22-20-14)9-23(12)15(18-10)17(5,6)7;1-10-13(16(2,3)4)12-8-11(14(18)19)9-21(12)15(20-10)17(5,6)7;1-10-13(16(2,3)4)12-8-11(14(18)21)9-20(12)15(19-10)17(5,6)7;5*1-2/h2*11-12H,9-10H2,1-8H3,(H,20,22);10-11H,8-9H2,1-7H3,(H,19,20,21,22);10-11H,8-9H2,1-7H3,(H3,18,19);10-11H,8-9H2,1-7H3,(H2,18,21);5*1-2H3/t11-,12+;11-,12-;10-,11+;10-,11?;10-,11-;;;;;/m00001...../s1. The number of carbonyl (C=O) groups excluding carboxylic acids is 3. The molecule has 11 rings (SSSR count). The van der Waals surface area contributed by atoms with Crippen molar-refractivity contribution in [3.8, 4) is 0 Å². The van der Waals surface area contributed by atoms with Crippen LogP contribution in [0.3, 0.4) is 0 Å². The predicted molar refractivity (Wildman–Crippen MR) is 525 cm³/mol. The number of primary amides is 1. The van der Waals surface area contributed by atoms with Crippen LogP contribution in [0.25, 0.3) is 0 Å². The summed E-state index contributed by atoms with van der Waals surface area (Å²) < 4.78 is 50.0. The molecule has 125 heavy (non-hydrogen) atoms. The third-order valence-corrected chi connectivity index (χ3v) is 23.8. The number of amidine groups is 6. The summed E-state index contributed by atoms with van der Waals surface area (Å²) in [6.07, 6.45) is 5.71. The SMILES string of the molecule is CC.CC.CC.CC.CC.C[C@@H]1N=C(C(C)(C)C)N2CC(C(=N)N)CC2=C1C(C)(C)C.C[C@@H]1N=C(C(C)(C)C)N2C[C@@H](C(=O)NS(C)(=O)=O)CC2=C1C(C)(C)C.C[C@@H]1N=C(C(C)(C)C)N2C[C@H](C(=O)NS(C)(=O)=O)CC2=C1C(C)(C)C.C[C@@H]1N=C(C(C)(C)C)N2C[C@H](c3nn[nH]n3)CC2=C1C(C)(C)C.C[C@H]1N=C(C(C)(C)C)N2C[C@H](C(N)=O)CC2=C1C(C)(C)C. The number of aliphatic imine (C=N–C) groups is 5. The van der Waals surface area contributed by atoms with Crippen LogP contribution in [0.5, 0.6) is 0 Å². The number of amides is 3. The largest absolute Gasteiger partial charge is 0.387 e. The summed E-state index contributed by atoms with van der Waals surface area (Å²) in [7, 11) is -7.11. The van der Waals surface area contributed by atoms with Gasteiger partial charge in [0.1, 0.15) is 29.2 Å². The maximum Gasteiger partial charge on any atom is 0.238 e. The maximum atomic E-state index is 12.4. The molecule has 10 atom stereocenters. The summed E-state index contributed by atoms with van der Waals surface area (Å²) in [6, 6.07) is 0.696. The molecule has 0 aromatic carbocycles. The molecule has 0 aliphatic carbocycles. The quantitative estimate of drug-likeness (QED) is 0.109. The topological polar surface area (TPSA) is 352 Å². The van der Waals surface area contributed by atoms with Gasteiger partial charge in [0.15, 0.2) is 5.82 Å². The maximum absolute atomic E-state index is 12.4. The third-order valence-electron chi connectivity index (χ3n) is 22.6. The highest BCUT2D eigenvalue weighted by molar-refractivity contribution is 7.89. The third kappa shape index (κ3) is 29.2. The van der Waals surface area contributed by atoms with Crippen LogP contribution in [-0.2, 0) is 34.4 Å². The summed E-state index contributed by atoms with van der Waals surface area (Å²) in [6.45, 7) is 99.8. The van der Waals surface area contributed by atoms with Gasteiger partial charge < -0.3 is 36.0 Å². The molecule has 5 saturated heterocycles. The highest BCUT2D eigenvalue weighted by Crippen LogP contribution is 2.51. The van der Waals surface area contributed by atoms with Crippen LogP contribution in [0, 0.1) is 83.2 Å². The number of rotatable bonds is 7. The van der Waals surface area contributed by atoms with Crippen molar-refractivity contribution in [3.63, 3.8) is 0 Å². The molecule has 10 aliphatic rings. The molecule has 1 aromatic rings. The smallest absolute Gasteiger partial charge is 0.238 e. The van der Waals surface area contributed by atoms with E-state index in [0.717, 1.165) is 85.4 Å². The van der Waals surface area contributed by atoms with Gasteiger partial charge >= 0.3 is 0 Å². The number of nitrogens with one attached hydrogen (secondary N) is 4. The predicted octanol–water partition coefficient (Wildman–Crippen LogP) is 19.7. The molecule has 3 amide bonds. The Morgan fingerprint density at radius 1 is 0.344 bits per heavy atom. The van der Waals surface area contributed by atoms with Gasteiger partial charge in [-0.3, -0.25) is 54.2 Å². The Hall–Kier alpha value is -7.10.